The molecule has 3 N–H and O–H groups in total. The van der Waals surface area contributed by atoms with E-state index in [1.807, 2.05) is 0 Å². The average Bonchev–Trinajstić information content (AvgIpc) is 2.48. The summed E-state index contributed by atoms with van der Waals surface area (Å²) in [5, 5.41) is 9.68. The summed E-state index contributed by atoms with van der Waals surface area (Å²) in [6, 6.07) is 8.77. The molecular formula is C20H24N3+. The highest BCUT2D eigenvalue weighted by atomic mass is 14.9. The minimum absolute atomic E-state index is 0.502. The number of rotatable bonds is 1. The molecule has 1 aromatic heterocycles. The molecule has 0 fully saturated rings. The second-order valence-electron chi connectivity index (χ2n) is 6.59. The van der Waals surface area contributed by atoms with E-state index in [0.29, 0.717) is 11.4 Å². The van der Waals surface area contributed by atoms with Crippen LogP contribution in [0.4, 0.5) is 5.82 Å². The molecule has 1 heterocycles. The molecule has 23 heavy (non-hydrogen) atoms. The van der Waals surface area contributed by atoms with Gasteiger partial charge < -0.3 is 0 Å². The highest BCUT2D eigenvalue weighted by Gasteiger charge is 2.24. The number of nitrogens with one attached hydrogen (secondary N) is 1. The van der Waals surface area contributed by atoms with Crippen molar-refractivity contribution in [3.8, 4) is 17.2 Å². The van der Waals surface area contributed by atoms with Crippen LogP contribution in [0.15, 0.2) is 18.2 Å². The summed E-state index contributed by atoms with van der Waals surface area (Å²) in [7, 11) is 0. The van der Waals surface area contributed by atoms with Crippen molar-refractivity contribution in [1.29, 1.82) is 5.26 Å². The zero-order valence-corrected chi connectivity index (χ0v) is 14.0. The maximum atomic E-state index is 9.68. The number of fused-ring (bicyclic) bond motifs is 1. The maximum Gasteiger partial charge on any atom is 0.289 e. The maximum absolute atomic E-state index is 9.68. The van der Waals surface area contributed by atoms with E-state index >= 15 is 0 Å². The van der Waals surface area contributed by atoms with Crippen LogP contribution in [0.5, 0.6) is 0 Å². The highest BCUT2D eigenvalue weighted by molar-refractivity contribution is 5.79. The lowest BCUT2D eigenvalue weighted by Crippen LogP contribution is -2.23. The summed E-state index contributed by atoms with van der Waals surface area (Å²) in [5.74, 6) is 0.502. The van der Waals surface area contributed by atoms with Crippen molar-refractivity contribution in [2.24, 2.45) is 0 Å². The Morgan fingerprint density at radius 3 is 2.52 bits per heavy atom. The third kappa shape index (κ3) is 2.94. The van der Waals surface area contributed by atoms with E-state index in [9.17, 15) is 5.26 Å². The van der Waals surface area contributed by atoms with Gasteiger partial charge in [0.05, 0.1) is 0 Å². The standard InChI is InChI=1S/C20H23N3/c1-13-9-10-15(14(2)11-13)19-16-7-5-3-4-6-8-18(16)23-20(22)17(19)12-21/h9-11H,3-8H2,1-2H3,(H2,22,23)/p+1. The molecule has 0 amide bonds. The molecule has 0 aliphatic heterocycles. The van der Waals surface area contributed by atoms with E-state index in [2.05, 4.69) is 43.1 Å². The van der Waals surface area contributed by atoms with Gasteiger partial charge in [0.2, 0.25) is 0 Å². The number of aryl methyl sites for hydroxylation is 3. The van der Waals surface area contributed by atoms with Gasteiger partial charge in [-0.25, -0.2) is 4.98 Å². The Balaban J connectivity index is 2.30. The van der Waals surface area contributed by atoms with Crippen LogP contribution < -0.4 is 10.7 Å². The number of nitrogens with two attached hydrogens (primary N) is 1. The van der Waals surface area contributed by atoms with Gasteiger partial charge in [-0.1, -0.05) is 36.6 Å². The number of aromatic nitrogens is 1. The summed E-state index contributed by atoms with van der Waals surface area (Å²) in [6.07, 6.45) is 6.92. The van der Waals surface area contributed by atoms with Gasteiger partial charge in [-0.15, -0.1) is 0 Å². The number of aromatic amines is 1. The van der Waals surface area contributed by atoms with Crippen LogP contribution in [-0.2, 0) is 12.8 Å². The van der Waals surface area contributed by atoms with Crippen LogP contribution in [0.3, 0.4) is 0 Å². The van der Waals surface area contributed by atoms with Crippen molar-refractivity contribution in [3.63, 3.8) is 0 Å². The van der Waals surface area contributed by atoms with Gasteiger partial charge in [-0.2, -0.15) is 5.26 Å². The quantitative estimate of drug-likeness (QED) is 0.868. The molecule has 3 heteroatoms. The lowest BCUT2D eigenvalue weighted by molar-refractivity contribution is -0.374. The third-order valence-electron chi connectivity index (χ3n) is 4.84. The molecule has 1 aliphatic carbocycles. The number of pyridine rings is 1. The van der Waals surface area contributed by atoms with Crippen molar-refractivity contribution in [2.45, 2.75) is 52.4 Å². The van der Waals surface area contributed by atoms with E-state index in [1.54, 1.807) is 0 Å². The lowest BCUT2D eigenvalue weighted by Gasteiger charge is -2.18. The number of nitrogens with zero attached hydrogens (tertiary/aromatic N) is 1. The molecule has 1 aromatic carbocycles. The summed E-state index contributed by atoms with van der Waals surface area (Å²) in [6.45, 7) is 4.21. The van der Waals surface area contributed by atoms with E-state index in [-0.39, 0.29) is 0 Å². The molecule has 1 aliphatic rings. The average molecular weight is 306 g/mol. The smallest absolute Gasteiger partial charge is 0.286 e. The first-order valence-corrected chi connectivity index (χ1v) is 8.46. The van der Waals surface area contributed by atoms with Gasteiger partial charge >= 0.3 is 0 Å². The second-order valence-corrected chi connectivity index (χ2v) is 6.59. The minimum atomic E-state index is 0.502. The van der Waals surface area contributed by atoms with Gasteiger partial charge in [0, 0.05) is 17.5 Å². The Bertz CT molecular complexity index is 784. The summed E-state index contributed by atoms with van der Waals surface area (Å²) >= 11 is 0. The van der Waals surface area contributed by atoms with Crippen molar-refractivity contribution >= 4 is 5.82 Å². The van der Waals surface area contributed by atoms with Crippen molar-refractivity contribution in [1.82, 2.24) is 0 Å². The molecule has 0 radical (unpaired) electrons. The molecule has 2 aromatic rings. The molecule has 0 unspecified atom stereocenters. The molecule has 0 atom stereocenters. The first-order chi connectivity index (χ1) is 11.1. The predicted molar refractivity (Wildman–Crippen MR) is 92.9 cm³/mol. The first kappa shape index (κ1) is 15.6. The number of hydrogen-bond donors (Lipinski definition) is 1. The van der Waals surface area contributed by atoms with Gasteiger partial charge in [0.25, 0.3) is 5.82 Å². The Morgan fingerprint density at radius 1 is 1.09 bits per heavy atom. The zero-order valence-electron chi connectivity index (χ0n) is 14.0. The van der Waals surface area contributed by atoms with Gasteiger partial charge in [0.1, 0.15) is 17.3 Å². The SMILES string of the molecule is Cc1ccc(-c2c(C#N)c(N)[nH+]c3c2CCCCCC3)c(C)c1. The Labute approximate surface area is 138 Å². The molecule has 3 nitrogen and oxygen atoms in total. The number of anilines is 1. The summed E-state index contributed by atoms with van der Waals surface area (Å²) in [4.78, 5) is 3.31. The Morgan fingerprint density at radius 2 is 1.83 bits per heavy atom. The Kier molecular flexibility index (Phi) is 4.34. The first-order valence-electron chi connectivity index (χ1n) is 8.46. The van der Waals surface area contributed by atoms with E-state index in [1.165, 1.54) is 48.1 Å². The van der Waals surface area contributed by atoms with Crippen molar-refractivity contribution in [2.75, 3.05) is 5.73 Å². The van der Waals surface area contributed by atoms with Crippen LogP contribution >= 0.6 is 0 Å². The fourth-order valence-corrected chi connectivity index (χ4v) is 3.69. The normalized spacial score (nSPS) is 14.5. The van der Waals surface area contributed by atoms with Crippen LogP contribution in [0.1, 0.15) is 53.6 Å². The summed E-state index contributed by atoms with van der Waals surface area (Å²) in [5.41, 5.74) is 13.9. The van der Waals surface area contributed by atoms with Crippen molar-refractivity contribution < 1.29 is 4.98 Å². The van der Waals surface area contributed by atoms with Crippen LogP contribution in [-0.4, -0.2) is 0 Å². The predicted octanol–water partition coefficient (Wildman–Crippen LogP) is 3.90. The largest absolute Gasteiger partial charge is 0.289 e. The van der Waals surface area contributed by atoms with E-state index < -0.39 is 0 Å². The Hall–Kier alpha value is -2.34. The molecule has 0 bridgehead atoms. The third-order valence-corrected chi connectivity index (χ3v) is 4.84. The second kappa shape index (κ2) is 6.42. The molecule has 118 valence electrons. The number of benzene rings is 1. The zero-order chi connectivity index (χ0) is 16.4. The molecule has 0 saturated carbocycles. The van der Waals surface area contributed by atoms with E-state index in [4.69, 9.17) is 5.73 Å². The van der Waals surface area contributed by atoms with Crippen LogP contribution in [0.2, 0.25) is 0 Å². The monoisotopic (exact) mass is 306 g/mol. The van der Waals surface area contributed by atoms with Crippen LogP contribution in [0.25, 0.3) is 11.1 Å². The number of nitriles is 1. The van der Waals surface area contributed by atoms with Gasteiger partial charge in [-0.3, -0.25) is 5.73 Å². The molecule has 3 rings (SSSR count). The number of nitrogen functional groups attached to an aromatic ring is 1. The molecule has 0 saturated heterocycles. The highest BCUT2D eigenvalue weighted by Crippen LogP contribution is 2.35. The summed E-state index contributed by atoms with van der Waals surface area (Å²) < 4.78 is 0. The fourth-order valence-electron chi connectivity index (χ4n) is 3.69. The minimum Gasteiger partial charge on any atom is -0.286 e. The van der Waals surface area contributed by atoms with E-state index in [0.717, 1.165) is 24.0 Å². The molecule has 0 spiro atoms. The van der Waals surface area contributed by atoms with Crippen LogP contribution in [0, 0.1) is 25.2 Å². The van der Waals surface area contributed by atoms with Crippen molar-refractivity contribution in [3.05, 3.63) is 46.1 Å². The van der Waals surface area contributed by atoms with Gasteiger partial charge in [0.15, 0.2) is 0 Å². The number of hydrogen-bond acceptors (Lipinski definition) is 2. The molecular weight excluding hydrogens is 282 g/mol. The van der Waals surface area contributed by atoms with Gasteiger partial charge in [-0.05, 0) is 44.2 Å². The topological polar surface area (TPSA) is 64.0 Å². The fraction of sp³-hybridized carbons (Fsp3) is 0.400. The number of H-pyrrole nitrogens is 1. The lowest BCUT2D eigenvalue weighted by atomic mass is 9.86.